The van der Waals surface area contributed by atoms with E-state index in [1.54, 1.807) is 11.3 Å². The van der Waals surface area contributed by atoms with Gasteiger partial charge in [-0.15, -0.1) is 11.3 Å². The summed E-state index contributed by atoms with van der Waals surface area (Å²) in [4.78, 5) is 18.3. The maximum absolute atomic E-state index is 12.4. The van der Waals surface area contributed by atoms with Crippen molar-refractivity contribution in [2.75, 3.05) is 0 Å². The molecule has 4 aromatic rings. The second-order valence-corrected chi connectivity index (χ2v) is 10.0. The molecular weight excluding hydrogens is 442 g/mol. The molecule has 0 saturated carbocycles. The Hall–Kier alpha value is -2.73. The van der Waals surface area contributed by atoms with E-state index in [-0.39, 0.29) is 0 Å². The lowest BCUT2D eigenvalue weighted by Gasteiger charge is -2.28. The van der Waals surface area contributed by atoms with Gasteiger partial charge < -0.3 is 9.84 Å². The van der Waals surface area contributed by atoms with E-state index >= 15 is 0 Å². The molecule has 0 fully saturated rings. The van der Waals surface area contributed by atoms with Gasteiger partial charge in [0.05, 0.1) is 11.1 Å². The van der Waals surface area contributed by atoms with Crippen LogP contribution >= 0.6 is 22.9 Å². The Bertz CT molecular complexity index is 1280. The predicted molar refractivity (Wildman–Crippen MR) is 131 cm³/mol. The van der Waals surface area contributed by atoms with Crippen molar-refractivity contribution in [1.82, 2.24) is 4.98 Å². The molecule has 0 amide bonds. The molecule has 0 spiro atoms. The minimum atomic E-state index is -1.16. The monoisotopic (exact) mass is 465 g/mol. The van der Waals surface area contributed by atoms with Crippen molar-refractivity contribution < 1.29 is 14.6 Å². The second kappa shape index (κ2) is 8.66. The average molecular weight is 466 g/mol. The first-order valence-corrected chi connectivity index (χ1v) is 11.5. The molecule has 164 valence electrons. The summed E-state index contributed by atoms with van der Waals surface area (Å²) < 4.78 is 6.04. The van der Waals surface area contributed by atoms with Crippen LogP contribution < -0.4 is 0 Å². The fourth-order valence-corrected chi connectivity index (χ4v) is 4.68. The first-order chi connectivity index (χ1) is 15.1. The van der Waals surface area contributed by atoms with Gasteiger partial charge in [0.1, 0.15) is 0 Å². The quantitative estimate of drug-likeness (QED) is 0.331. The van der Waals surface area contributed by atoms with Crippen LogP contribution in [0.25, 0.3) is 32.5 Å². The summed E-state index contributed by atoms with van der Waals surface area (Å²) in [5.74, 6) is -1.05. The minimum absolute atomic E-state index is 0.561. The first kappa shape index (κ1) is 22.5. The third-order valence-corrected chi connectivity index (χ3v) is 6.28. The number of ether oxygens (including phenoxy) is 1. The van der Waals surface area contributed by atoms with Crippen molar-refractivity contribution in [2.45, 2.75) is 39.4 Å². The maximum atomic E-state index is 12.4. The lowest BCUT2D eigenvalue weighted by Crippen LogP contribution is -2.28. The molecule has 4 rings (SSSR count). The smallest absolute Gasteiger partial charge is 0.337 e. The summed E-state index contributed by atoms with van der Waals surface area (Å²) in [5.41, 5.74) is 4.07. The van der Waals surface area contributed by atoms with Gasteiger partial charge in [-0.3, -0.25) is 4.98 Å². The highest BCUT2D eigenvalue weighted by molar-refractivity contribution is 7.13. The molecule has 2 heterocycles. The van der Waals surface area contributed by atoms with Gasteiger partial charge in [0, 0.05) is 26.5 Å². The van der Waals surface area contributed by atoms with E-state index in [0.29, 0.717) is 16.3 Å². The molecule has 1 atom stereocenters. The van der Waals surface area contributed by atoms with Crippen LogP contribution in [0.4, 0.5) is 0 Å². The Morgan fingerprint density at radius 1 is 1.09 bits per heavy atom. The summed E-state index contributed by atoms with van der Waals surface area (Å²) in [5, 5.41) is 13.7. The molecule has 0 saturated heterocycles. The molecule has 0 radical (unpaired) electrons. The Kier molecular flexibility index (Phi) is 6.08. The van der Waals surface area contributed by atoms with Crippen molar-refractivity contribution >= 4 is 39.8 Å². The molecule has 0 aliphatic carbocycles. The number of carboxylic acids is 1. The van der Waals surface area contributed by atoms with Gasteiger partial charge in [-0.1, -0.05) is 35.9 Å². The van der Waals surface area contributed by atoms with Crippen LogP contribution in [0.3, 0.4) is 0 Å². The van der Waals surface area contributed by atoms with E-state index in [2.05, 4.69) is 12.1 Å². The number of carbonyl (C=O) groups is 1. The van der Waals surface area contributed by atoms with Crippen LogP contribution in [0.1, 0.15) is 38.1 Å². The summed E-state index contributed by atoms with van der Waals surface area (Å²) in [7, 11) is 0. The number of halogens is 1. The molecule has 0 bridgehead atoms. The van der Waals surface area contributed by atoms with Gasteiger partial charge in [-0.05, 0) is 80.1 Å². The molecule has 6 heteroatoms. The highest BCUT2D eigenvalue weighted by Crippen LogP contribution is 2.41. The van der Waals surface area contributed by atoms with Crippen LogP contribution in [0.15, 0.2) is 60.0 Å². The van der Waals surface area contributed by atoms with Gasteiger partial charge in [-0.25, -0.2) is 4.79 Å². The first-order valence-electron chi connectivity index (χ1n) is 10.3. The molecular formula is C26H24ClNO3S. The Labute approximate surface area is 196 Å². The number of hydrogen-bond acceptors (Lipinski definition) is 4. The zero-order valence-electron chi connectivity index (χ0n) is 18.3. The zero-order chi connectivity index (χ0) is 23.0. The number of thiophene rings is 1. The van der Waals surface area contributed by atoms with Crippen LogP contribution in [-0.4, -0.2) is 21.7 Å². The Morgan fingerprint density at radius 3 is 2.38 bits per heavy atom. The van der Waals surface area contributed by atoms with E-state index in [1.165, 1.54) is 0 Å². The van der Waals surface area contributed by atoms with E-state index in [4.69, 9.17) is 21.3 Å². The van der Waals surface area contributed by atoms with Gasteiger partial charge in [0.2, 0.25) is 0 Å². The number of carboxylic acid groups (broad SMARTS) is 1. The molecule has 4 nitrogen and oxygen atoms in total. The fourth-order valence-electron chi connectivity index (χ4n) is 3.83. The lowest BCUT2D eigenvalue weighted by atomic mass is 9.90. The van der Waals surface area contributed by atoms with Gasteiger partial charge >= 0.3 is 5.97 Å². The van der Waals surface area contributed by atoms with Gasteiger partial charge in [0.25, 0.3) is 0 Å². The number of aliphatic carboxylic acids is 1. The number of aromatic nitrogens is 1. The topological polar surface area (TPSA) is 59.4 Å². The van der Waals surface area contributed by atoms with Gasteiger partial charge in [0.15, 0.2) is 6.10 Å². The second-order valence-electron chi connectivity index (χ2n) is 8.65. The number of benzene rings is 2. The third kappa shape index (κ3) is 4.56. The average Bonchev–Trinajstić information content (AvgIpc) is 3.26. The number of nitrogens with zero attached hydrogens (tertiary/aromatic N) is 1. The predicted octanol–water partition coefficient (Wildman–Crippen LogP) is 7.53. The van der Waals surface area contributed by atoms with E-state index < -0.39 is 17.7 Å². The largest absolute Gasteiger partial charge is 0.479 e. The molecule has 0 aliphatic heterocycles. The third-order valence-electron chi connectivity index (χ3n) is 5.11. The number of fused-ring (bicyclic) bond motifs is 1. The van der Waals surface area contributed by atoms with Crippen molar-refractivity contribution in [3.63, 3.8) is 0 Å². The number of pyridine rings is 1. The van der Waals surface area contributed by atoms with Crippen molar-refractivity contribution in [3.05, 3.63) is 76.3 Å². The Morgan fingerprint density at radius 2 is 1.78 bits per heavy atom. The van der Waals surface area contributed by atoms with Gasteiger partial charge in [-0.2, -0.15) is 0 Å². The molecule has 1 unspecified atom stereocenters. The highest BCUT2D eigenvalue weighted by atomic mass is 35.5. The van der Waals surface area contributed by atoms with Crippen molar-refractivity contribution in [2.24, 2.45) is 0 Å². The fraction of sp³-hybridized carbons (Fsp3) is 0.231. The van der Waals surface area contributed by atoms with E-state index in [0.717, 1.165) is 32.5 Å². The molecule has 32 heavy (non-hydrogen) atoms. The number of aryl methyl sites for hydroxylation is 1. The number of hydrogen-bond donors (Lipinski definition) is 1. The summed E-state index contributed by atoms with van der Waals surface area (Å²) in [6.45, 7) is 7.39. The lowest BCUT2D eigenvalue weighted by molar-refractivity contribution is -0.160. The van der Waals surface area contributed by atoms with E-state index in [1.807, 2.05) is 75.5 Å². The van der Waals surface area contributed by atoms with Crippen LogP contribution in [0, 0.1) is 6.92 Å². The number of rotatable bonds is 5. The molecule has 2 aromatic carbocycles. The normalized spacial score (nSPS) is 12.8. The van der Waals surface area contributed by atoms with Crippen molar-refractivity contribution in [1.29, 1.82) is 0 Å². The SMILES string of the molecule is Cc1nc2ccc(-c3cccs3)cc2c(-c2ccc(Cl)cc2)c1C(OC(C)(C)C)C(=O)O. The summed E-state index contributed by atoms with van der Waals surface area (Å²) in [6.07, 6.45) is -1.16. The van der Waals surface area contributed by atoms with Crippen LogP contribution in [-0.2, 0) is 9.53 Å². The zero-order valence-corrected chi connectivity index (χ0v) is 19.9. The molecule has 2 aromatic heterocycles. The Balaban J connectivity index is 2.07. The summed E-state index contributed by atoms with van der Waals surface area (Å²) >= 11 is 7.81. The maximum Gasteiger partial charge on any atom is 0.337 e. The highest BCUT2D eigenvalue weighted by Gasteiger charge is 2.32. The molecule has 0 aliphatic rings. The van der Waals surface area contributed by atoms with Crippen LogP contribution in [0.2, 0.25) is 5.02 Å². The standard InChI is InChI=1S/C26H24ClNO3S/c1-15-22(24(25(29)30)31-26(2,3)4)23(16-7-10-18(27)11-8-16)19-14-17(9-12-20(19)28-15)21-6-5-13-32-21/h5-14,24H,1-4H3,(H,29,30). The van der Waals surface area contributed by atoms with Crippen molar-refractivity contribution in [3.8, 4) is 21.6 Å². The minimum Gasteiger partial charge on any atom is -0.479 e. The molecule has 1 N–H and O–H groups in total. The van der Waals surface area contributed by atoms with E-state index in [9.17, 15) is 9.90 Å². The van der Waals surface area contributed by atoms with Crippen LogP contribution in [0.5, 0.6) is 0 Å². The summed E-state index contributed by atoms with van der Waals surface area (Å²) in [6, 6.07) is 17.6.